The number of hydrogen-bond donors (Lipinski definition) is 1. The molecule has 2 atom stereocenters. The van der Waals surface area contributed by atoms with E-state index in [1.165, 1.54) is 0 Å². The van der Waals surface area contributed by atoms with Crippen LogP contribution in [-0.2, 0) is 4.74 Å². The summed E-state index contributed by atoms with van der Waals surface area (Å²) in [7, 11) is 0. The van der Waals surface area contributed by atoms with Crippen molar-refractivity contribution in [2.75, 3.05) is 19.8 Å². The molecule has 1 fully saturated rings. The fourth-order valence-electron chi connectivity index (χ4n) is 2.99. The van der Waals surface area contributed by atoms with Crippen LogP contribution in [0, 0.1) is 0 Å². The molecule has 0 radical (unpaired) electrons. The van der Waals surface area contributed by atoms with E-state index < -0.39 is 0 Å². The van der Waals surface area contributed by atoms with Gasteiger partial charge in [0.15, 0.2) is 5.65 Å². The van der Waals surface area contributed by atoms with Gasteiger partial charge >= 0.3 is 0 Å². The Kier molecular flexibility index (Phi) is 3.72. The van der Waals surface area contributed by atoms with Gasteiger partial charge in [0.2, 0.25) is 0 Å². The minimum Gasteiger partial charge on any atom is -0.379 e. The summed E-state index contributed by atoms with van der Waals surface area (Å²) in [6, 6.07) is 4.65. The third-order valence-electron chi connectivity index (χ3n) is 3.87. The van der Waals surface area contributed by atoms with Crippen molar-refractivity contribution in [3.63, 3.8) is 0 Å². The van der Waals surface area contributed by atoms with Crippen LogP contribution in [0.2, 0.25) is 0 Å². The molecule has 1 saturated heterocycles. The van der Waals surface area contributed by atoms with Crippen molar-refractivity contribution in [2.24, 2.45) is 0 Å². The Labute approximate surface area is 119 Å². The lowest BCUT2D eigenvalue weighted by molar-refractivity contribution is 0.187. The molecule has 0 aliphatic carbocycles. The number of likely N-dealkylation sites (N-methyl/N-ethyl adjacent to an activating group) is 1. The van der Waals surface area contributed by atoms with Crippen LogP contribution in [0.1, 0.15) is 38.6 Å². The van der Waals surface area contributed by atoms with Gasteiger partial charge in [-0.05, 0) is 32.5 Å². The molecule has 2 aromatic rings. The first-order chi connectivity index (χ1) is 9.72. The number of hydrogen-bond acceptors (Lipinski definition) is 4. The summed E-state index contributed by atoms with van der Waals surface area (Å²) in [5.74, 6) is 1.39. The number of nitrogens with one attached hydrogen (secondary N) is 1. The zero-order valence-electron chi connectivity index (χ0n) is 12.3. The molecule has 2 aromatic heterocycles. The van der Waals surface area contributed by atoms with Crippen LogP contribution in [0.5, 0.6) is 0 Å². The second-order valence-electron chi connectivity index (χ2n) is 5.59. The zero-order valence-corrected chi connectivity index (χ0v) is 12.3. The molecule has 3 heterocycles. The molecule has 20 heavy (non-hydrogen) atoms. The smallest absolute Gasteiger partial charge is 0.160 e. The fraction of sp³-hybridized carbons (Fsp3) is 0.600. The first-order valence-corrected chi connectivity index (χ1v) is 7.36. The molecule has 0 spiro atoms. The first-order valence-electron chi connectivity index (χ1n) is 7.36. The lowest BCUT2D eigenvalue weighted by Gasteiger charge is -2.21. The molecule has 1 aliphatic rings. The van der Waals surface area contributed by atoms with Gasteiger partial charge in [0.25, 0.3) is 0 Å². The molecule has 5 nitrogen and oxygen atoms in total. The van der Waals surface area contributed by atoms with Gasteiger partial charge in [-0.25, -0.2) is 9.97 Å². The quantitative estimate of drug-likeness (QED) is 0.927. The van der Waals surface area contributed by atoms with Crippen molar-refractivity contribution in [3.8, 4) is 0 Å². The lowest BCUT2D eigenvalue weighted by Crippen LogP contribution is -2.35. The molecule has 108 valence electrons. The van der Waals surface area contributed by atoms with Gasteiger partial charge in [0.1, 0.15) is 11.3 Å². The monoisotopic (exact) mass is 274 g/mol. The van der Waals surface area contributed by atoms with Crippen LogP contribution in [-0.4, -0.2) is 40.3 Å². The standard InChI is InChI=1S/C15H22N4O/c1-4-16-13-9-20-8-11(13)14-18-12-6-5-7-17-15(12)19(14)10(2)3/h5-7,10-11,13,16H,4,8-9H2,1-3H3. The SMILES string of the molecule is CCNC1COCC1c1nc2cccnc2n1C(C)C. The van der Waals surface area contributed by atoms with E-state index in [2.05, 4.69) is 35.6 Å². The molecule has 0 bridgehead atoms. The summed E-state index contributed by atoms with van der Waals surface area (Å²) in [5.41, 5.74) is 1.94. The van der Waals surface area contributed by atoms with Crippen LogP contribution in [0.4, 0.5) is 0 Å². The van der Waals surface area contributed by atoms with Crippen molar-refractivity contribution < 1.29 is 4.74 Å². The van der Waals surface area contributed by atoms with Gasteiger partial charge in [0.05, 0.1) is 19.1 Å². The highest BCUT2D eigenvalue weighted by molar-refractivity contribution is 5.71. The predicted octanol–water partition coefficient (Wildman–Crippen LogP) is 2.10. The van der Waals surface area contributed by atoms with Crippen LogP contribution in [0.3, 0.4) is 0 Å². The number of ether oxygens (including phenoxy) is 1. The number of fused-ring (bicyclic) bond motifs is 1. The second kappa shape index (κ2) is 5.50. The molecule has 2 unspecified atom stereocenters. The average molecular weight is 274 g/mol. The molecule has 5 heteroatoms. The molecular formula is C15H22N4O. The van der Waals surface area contributed by atoms with E-state index in [0.29, 0.717) is 18.0 Å². The highest BCUT2D eigenvalue weighted by Crippen LogP contribution is 2.30. The summed E-state index contributed by atoms with van der Waals surface area (Å²) in [6.45, 7) is 8.92. The third kappa shape index (κ3) is 2.21. The van der Waals surface area contributed by atoms with E-state index in [4.69, 9.17) is 9.72 Å². The van der Waals surface area contributed by atoms with Gasteiger partial charge in [0, 0.05) is 18.3 Å². The maximum absolute atomic E-state index is 5.67. The maximum Gasteiger partial charge on any atom is 0.160 e. The van der Waals surface area contributed by atoms with Crippen molar-refractivity contribution >= 4 is 11.2 Å². The Balaban J connectivity index is 2.08. The van der Waals surface area contributed by atoms with Crippen LogP contribution >= 0.6 is 0 Å². The van der Waals surface area contributed by atoms with E-state index in [0.717, 1.165) is 36.7 Å². The summed E-state index contributed by atoms with van der Waals surface area (Å²) >= 11 is 0. The van der Waals surface area contributed by atoms with Crippen LogP contribution in [0.15, 0.2) is 18.3 Å². The highest BCUT2D eigenvalue weighted by Gasteiger charge is 2.33. The summed E-state index contributed by atoms with van der Waals surface area (Å²) in [6.07, 6.45) is 1.83. The molecule has 1 N–H and O–H groups in total. The molecular weight excluding hydrogens is 252 g/mol. The van der Waals surface area contributed by atoms with Crippen LogP contribution < -0.4 is 5.32 Å². The Morgan fingerprint density at radius 2 is 2.30 bits per heavy atom. The summed E-state index contributed by atoms with van der Waals surface area (Å²) in [5, 5.41) is 3.50. The Morgan fingerprint density at radius 3 is 3.05 bits per heavy atom. The van der Waals surface area contributed by atoms with Gasteiger partial charge in [-0.2, -0.15) is 0 Å². The van der Waals surface area contributed by atoms with Crippen molar-refractivity contribution in [2.45, 2.75) is 38.8 Å². The van der Waals surface area contributed by atoms with E-state index in [9.17, 15) is 0 Å². The number of imidazole rings is 1. The van der Waals surface area contributed by atoms with Crippen molar-refractivity contribution in [1.82, 2.24) is 19.9 Å². The molecule has 1 aliphatic heterocycles. The third-order valence-corrected chi connectivity index (χ3v) is 3.87. The normalized spacial score (nSPS) is 23.0. The van der Waals surface area contributed by atoms with Gasteiger partial charge in [-0.1, -0.05) is 6.92 Å². The fourth-order valence-corrected chi connectivity index (χ4v) is 2.99. The molecule has 0 amide bonds. The molecule has 3 rings (SSSR count). The first kappa shape index (κ1) is 13.5. The van der Waals surface area contributed by atoms with Crippen LogP contribution in [0.25, 0.3) is 11.2 Å². The van der Waals surface area contributed by atoms with Gasteiger partial charge in [-0.15, -0.1) is 0 Å². The van der Waals surface area contributed by atoms with Crippen molar-refractivity contribution in [3.05, 3.63) is 24.2 Å². The van der Waals surface area contributed by atoms with E-state index in [1.54, 1.807) is 0 Å². The lowest BCUT2D eigenvalue weighted by atomic mass is 10.0. The van der Waals surface area contributed by atoms with E-state index in [1.807, 2.05) is 18.3 Å². The van der Waals surface area contributed by atoms with Crippen molar-refractivity contribution in [1.29, 1.82) is 0 Å². The molecule has 0 aromatic carbocycles. The maximum atomic E-state index is 5.67. The number of rotatable bonds is 4. The van der Waals surface area contributed by atoms with E-state index in [-0.39, 0.29) is 0 Å². The Morgan fingerprint density at radius 1 is 1.45 bits per heavy atom. The number of pyridine rings is 1. The largest absolute Gasteiger partial charge is 0.379 e. The topological polar surface area (TPSA) is 52.0 Å². The predicted molar refractivity (Wildman–Crippen MR) is 78.9 cm³/mol. The minimum absolute atomic E-state index is 0.298. The summed E-state index contributed by atoms with van der Waals surface area (Å²) in [4.78, 5) is 9.33. The second-order valence-corrected chi connectivity index (χ2v) is 5.59. The van der Waals surface area contributed by atoms with Gasteiger partial charge in [-0.3, -0.25) is 0 Å². The number of nitrogens with zero attached hydrogens (tertiary/aromatic N) is 3. The average Bonchev–Trinajstić information content (AvgIpc) is 3.01. The molecule has 0 saturated carbocycles. The number of aromatic nitrogens is 3. The van der Waals surface area contributed by atoms with Gasteiger partial charge < -0.3 is 14.6 Å². The highest BCUT2D eigenvalue weighted by atomic mass is 16.5. The Bertz CT molecular complexity index is 593. The minimum atomic E-state index is 0.298. The Hall–Kier alpha value is -1.46. The zero-order chi connectivity index (χ0) is 14.1. The van der Waals surface area contributed by atoms with E-state index >= 15 is 0 Å². The summed E-state index contributed by atoms with van der Waals surface area (Å²) < 4.78 is 7.92.